The normalized spacial score (nSPS) is 15.3. The van der Waals surface area contributed by atoms with Crippen LogP contribution in [0.4, 0.5) is 0 Å². The van der Waals surface area contributed by atoms with Crippen molar-refractivity contribution in [2.45, 2.75) is 25.3 Å². The fraction of sp³-hybridized carbons (Fsp3) is 0.591. The lowest BCUT2D eigenvalue weighted by atomic mass is 9.88. The number of nitrogens with zero attached hydrogens (tertiary/aromatic N) is 1. The second-order valence-electron chi connectivity index (χ2n) is 7.47. The van der Waals surface area contributed by atoms with E-state index in [0.717, 1.165) is 0 Å². The maximum atomic E-state index is 12.9. The van der Waals surface area contributed by atoms with Crippen LogP contribution in [0.15, 0.2) is 24.3 Å². The van der Waals surface area contributed by atoms with E-state index in [1.165, 1.54) is 7.11 Å². The van der Waals surface area contributed by atoms with E-state index < -0.39 is 6.04 Å². The standard InChI is InChI=1S/C22H33N3O6/c1-29-14-4-11-23-22(28)20(16-9-12-25(13-10-16)19(26)15-30-2)24-21(27)17-5-7-18(31-3)8-6-17/h5-8,16,20H,4,9-15H2,1-3H3,(H,23,28)(H,24,27)/t20-/m1/s1. The molecule has 0 spiro atoms. The zero-order valence-electron chi connectivity index (χ0n) is 18.5. The van der Waals surface area contributed by atoms with E-state index in [-0.39, 0.29) is 30.2 Å². The van der Waals surface area contributed by atoms with E-state index in [1.54, 1.807) is 43.4 Å². The van der Waals surface area contributed by atoms with Crippen molar-refractivity contribution in [3.05, 3.63) is 29.8 Å². The molecule has 172 valence electrons. The van der Waals surface area contributed by atoms with Crippen molar-refractivity contribution in [1.29, 1.82) is 0 Å². The number of likely N-dealkylation sites (tertiary alicyclic amines) is 1. The molecular formula is C22H33N3O6. The lowest BCUT2D eigenvalue weighted by Gasteiger charge is -2.35. The second-order valence-corrected chi connectivity index (χ2v) is 7.47. The third kappa shape index (κ3) is 7.52. The van der Waals surface area contributed by atoms with Gasteiger partial charge in [-0.05, 0) is 49.4 Å². The summed E-state index contributed by atoms with van der Waals surface area (Å²) in [5.74, 6) is -0.0331. The van der Waals surface area contributed by atoms with Gasteiger partial charge in [-0.25, -0.2) is 0 Å². The Labute approximate surface area is 183 Å². The van der Waals surface area contributed by atoms with Gasteiger partial charge in [-0.2, -0.15) is 0 Å². The van der Waals surface area contributed by atoms with Gasteiger partial charge >= 0.3 is 0 Å². The molecule has 0 bridgehead atoms. The number of nitrogens with one attached hydrogen (secondary N) is 2. The third-order valence-corrected chi connectivity index (χ3v) is 5.38. The Morgan fingerprint density at radius 2 is 1.74 bits per heavy atom. The molecule has 1 aliphatic rings. The number of carbonyl (C=O) groups is 3. The number of piperidine rings is 1. The van der Waals surface area contributed by atoms with Crippen molar-refractivity contribution in [3.63, 3.8) is 0 Å². The molecule has 0 aromatic heterocycles. The van der Waals surface area contributed by atoms with Gasteiger partial charge in [0.15, 0.2) is 0 Å². The minimum Gasteiger partial charge on any atom is -0.497 e. The molecule has 1 saturated heterocycles. The van der Waals surface area contributed by atoms with Crippen molar-refractivity contribution >= 4 is 17.7 Å². The topological polar surface area (TPSA) is 106 Å². The number of hydrogen-bond donors (Lipinski definition) is 2. The van der Waals surface area contributed by atoms with Crippen molar-refractivity contribution in [1.82, 2.24) is 15.5 Å². The predicted molar refractivity (Wildman–Crippen MR) is 115 cm³/mol. The number of ether oxygens (including phenoxy) is 3. The average Bonchev–Trinajstić information content (AvgIpc) is 2.80. The maximum Gasteiger partial charge on any atom is 0.251 e. The zero-order chi connectivity index (χ0) is 22.6. The summed E-state index contributed by atoms with van der Waals surface area (Å²) < 4.78 is 15.1. The Balaban J connectivity index is 2.04. The van der Waals surface area contributed by atoms with E-state index in [2.05, 4.69) is 10.6 Å². The molecule has 0 aliphatic carbocycles. The van der Waals surface area contributed by atoms with Gasteiger partial charge < -0.3 is 29.7 Å². The molecule has 9 nitrogen and oxygen atoms in total. The highest BCUT2D eigenvalue weighted by molar-refractivity contribution is 5.97. The number of benzene rings is 1. The molecule has 2 rings (SSSR count). The van der Waals surface area contributed by atoms with E-state index in [9.17, 15) is 14.4 Å². The Hall–Kier alpha value is -2.65. The van der Waals surface area contributed by atoms with Crippen LogP contribution in [0.2, 0.25) is 0 Å². The van der Waals surface area contributed by atoms with Gasteiger partial charge in [-0.1, -0.05) is 0 Å². The molecule has 0 saturated carbocycles. The summed E-state index contributed by atoms with van der Waals surface area (Å²) in [5, 5.41) is 5.79. The Morgan fingerprint density at radius 3 is 2.32 bits per heavy atom. The molecule has 1 atom stereocenters. The molecule has 9 heteroatoms. The Morgan fingerprint density at radius 1 is 1.06 bits per heavy atom. The highest BCUT2D eigenvalue weighted by Gasteiger charge is 2.33. The smallest absolute Gasteiger partial charge is 0.251 e. The second kappa shape index (κ2) is 12.9. The SMILES string of the molecule is COCCCNC(=O)[C@H](NC(=O)c1ccc(OC)cc1)C1CCN(C(=O)COC)CC1. The van der Waals surface area contributed by atoms with Gasteiger partial charge in [0.05, 0.1) is 7.11 Å². The summed E-state index contributed by atoms with van der Waals surface area (Å²) in [6.07, 6.45) is 1.92. The lowest BCUT2D eigenvalue weighted by Crippen LogP contribution is -2.54. The monoisotopic (exact) mass is 435 g/mol. The van der Waals surface area contributed by atoms with Crippen molar-refractivity contribution < 1.29 is 28.6 Å². The van der Waals surface area contributed by atoms with E-state index in [0.29, 0.717) is 56.8 Å². The van der Waals surface area contributed by atoms with Crippen LogP contribution in [0.1, 0.15) is 29.6 Å². The molecule has 1 fully saturated rings. The summed E-state index contributed by atoms with van der Waals surface area (Å²) in [7, 11) is 4.66. The summed E-state index contributed by atoms with van der Waals surface area (Å²) in [5.41, 5.74) is 0.450. The van der Waals surface area contributed by atoms with Gasteiger partial charge in [-0.3, -0.25) is 14.4 Å². The minimum atomic E-state index is -0.683. The van der Waals surface area contributed by atoms with Crippen LogP contribution in [0.5, 0.6) is 5.75 Å². The zero-order valence-corrected chi connectivity index (χ0v) is 18.5. The van der Waals surface area contributed by atoms with Crippen LogP contribution in [-0.4, -0.2) is 82.8 Å². The largest absolute Gasteiger partial charge is 0.497 e. The number of carbonyl (C=O) groups excluding carboxylic acids is 3. The number of rotatable bonds is 11. The van der Waals surface area contributed by atoms with Crippen LogP contribution >= 0.6 is 0 Å². The fourth-order valence-corrected chi connectivity index (χ4v) is 3.60. The molecule has 0 radical (unpaired) electrons. The van der Waals surface area contributed by atoms with Gasteiger partial charge in [0.2, 0.25) is 11.8 Å². The summed E-state index contributed by atoms with van der Waals surface area (Å²) in [6, 6.07) is 6.04. The van der Waals surface area contributed by atoms with E-state index in [1.807, 2.05) is 0 Å². The van der Waals surface area contributed by atoms with Gasteiger partial charge in [0.25, 0.3) is 5.91 Å². The summed E-state index contributed by atoms with van der Waals surface area (Å²) >= 11 is 0. The Kier molecular flexibility index (Phi) is 10.3. The van der Waals surface area contributed by atoms with Crippen molar-refractivity contribution in [3.8, 4) is 5.75 Å². The molecule has 1 aliphatic heterocycles. The van der Waals surface area contributed by atoms with E-state index >= 15 is 0 Å². The molecule has 0 unspecified atom stereocenters. The first-order chi connectivity index (χ1) is 15.0. The molecular weight excluding hydrogens is 402 g/mol. The van der Waals surface area contributed by atoms with E-state index in [4.69, 9.17) is 14.2 Å². The fourth-order valence-electron chi connectivity index (χ4n) is 3.60. The summed E-state index contributed by atoms with van der Waals surface area (Å²) in [4.78, 5) is 39.5. The average molecular weight is 436 g/mol. The van der Waals surface area contributed by atoms with Crippen LogP contribution in [-0.2, 0) is 19.1 Å². The Bertz CT molecular complexity index is 716. The maximum absolute atomic E-state index is 12.9. The molecule has 2 N–H and O–H groups in total. The molecule has 1 aromatic carbocycles. The third-order valence-electron chi connectivity index (χ3n) is 5.38. The number of amides is 3. The predicted octanol–water partition coefficient (Wildman–Crippen LogP) is 0.831. The first kappa shape index (κ1) is 24.6. The number of hydrogen-bond acceptors (Lipinski definition) is 6. The van der Waals surface area contributed by atoms with Gasteiger partial charge in [0, 0.05) is 46.0 Å². The van der Waals surface area contributed by atoms with Crippen LogP contribution in [0.25, 0.3) is 0 Å². The minimum absolute atomic E-state index is 0.0439. The first-order valence-electron chi connectivity index (χ1n) is 10.5. The molecule has 3 amide bonds. The first-order valence-corrected chi connectivity index (χ1v) is 10.5. The number of methoxy groups -OCH3 is 3. The van der Waals surface area contributed by atoms with Crippen LogP contribution in [0, 0.1) is 5.92 Å². The van der Waals surface area contributed by atoms with Gasteiger partial charge in [-0.15, -0.1) is 0 Å². The highest BCUT2D eigenvalue weighted by atomic mass is 16.5. The van der Waals surface area contributed by atoms with Crippen LogP contribution < -0.4 is 15.4 Å². The highest BCUT2D eigenvalue weighted by Crippen LogP contribution is 2.22. The van der Waals surface area contributed by atoms with Crippen molar-refractivity contribution in [2.24, 2.45) is 5.92 Å². The molecule has 1 heterocycles. The van der Waals surface area contributed by atoms with Crippen LogP contribution in [0.3, 0.4) is 0 Å². The quantitative estimate of drug-likeness (QED) is 0.499. The van der Waals surface area contributed by atoms with Crippen molar-refractivity contribution in [2.75, 3.05) is 54.2 Å². The van der Waals surface area contributed by atoms with Gasteiger partial charge in [0.1, 0.15) is 18.4 Å². The molecule has 1 aromatic rings. The summed E-state index contributed by atoms with van der Waals surface area (Å²) in [6.45, 7) is 2.11. The molecule has 31 heavy (non-hydrogen) atoms. The lowest BCUT2D eigenvalue weighted by molar-refractivity contribution is -0.136.